The van der Waals surface area contributed by atoms with Gasteiger partial charge in [0.05, 0.1) is 18.6 Å². The summed E-state index contributed by atoms with van der Waals surface area (Å²) in [5, 5.41) is 16.2. The van der Waals surface area contributed by atoms with E-state index >= 15 is 0 Å². The van der Waals surface area contributed by atoms with Crippen molar-refractivity contribution in [2.45, 2.75) is 123 Å². The highest BCUT2D eigenvalue weighted by atomic mass is 16.4. The number of aliphatic carboxylic acids is 1. The Morgan fingerprint density at radius 3 is 2.08 bits per heavy atom. The predicted octanol–water partition coefficient (Wildman–Crippen LogP) is 0.369. The second-order valence-electron chi connectivity index (χ2n) is 13.1. The second-order valence-corrected chi connectivity index (χ2v) is 13.1. The highest BCUT2D eigenvalue weighted by Gasteiger charge is 2.36. The molecule has 1 fully saturated rings. The molecule has 50 heavy (non-hydrogen) atoms. The van der Waals surface area contributed by atoms with Gasteiger partial charge in [-0.2, -0.15) is 0 Å². The number of primary amides is 1. The molecule has 0 spiro atoms. The summed E-state index contributed by atoms with van der Waals surface area (Å²) in [5.74, 6) is -7.69. The van der Waals surface area contributed by atoms with Crippen LogP contribution >= 0.6 is 0 Å². The van der Waals surface area contributed by atoms with Crippen LogP contribution in [0.15, 0.2) is 0 Å². The van der Waals surface area contributed by atoms with Crippen molar-refractivity contribution in [2.24, 2.45) is 23.5 Å². The summed E-state index contributed by atoms with van der Waals surface area (Å²) in [6, 6.07) is -2.87. The Hall–Kier alpha value is -4.50. The molecule has 0 radical (unpaired) electrons. The molecule has 6 atom stereocenters. The fourth-order valence-electron chi connectivity index (χ4n) is 5.56. The monoisotopic (exact) mass is 707 g/mol. The minimum Gasteiger partial charge on any atom is -0.480 e. The number of carboxylic acid groups (broad SMARTS) is 1. The minimum absolute atomic E-state index is 0.0218. The predicted molar refractivity (Wildman–Crippen MR) is 179 cm³/mol. The van der Waals surface area contributed by atoms with Crippen LogP contribution in [0.2, 0.25) is 0 Å². The molecule has 1 saturated heterocycles. The largest absolute Gasteiger partial charge is 0.480 e. The van der Waals surface area contributed by atoms with Crippen LogP contribution in [0.3, 0.4) is 0 Å². The van der Waals surface area contributed by atoms with E-state index in [4.69, 9.17) is 10.8 Å². The van der Waals surface area contributed by atoms with Crippen LogP contribution < -0.4 is 21.7 Å². The molecule has 0 aromatic heterocycles. The van der Waals surface area contributed by atoms with Crippen molar-refractivity contribution in [1.82, 2.24) is 20.9 Å². The van der Waals surface area contributed by atoms with Crippen molar-refractivity contribution >= 4 is 58.6 Å². The molecular formula is C34H53N5O11. The number of hydrogen-bond acceptors (Lipinski definition) is 10. The summed E-state index contributed by atoms with van der Waals surface area (Å²) >= 11 is 0. The quantitative estimate of drug-likeness (QED) is 0.0916. The van der Waals surface area contributed by atoms with Crippen LogP contribution in [0, 0.1) is 17.8 Å². The zero-order valence-electron chi connectivity index (χ0n) is 29.7. The molecule has 1 aliphatic heterocycles. The number of carbonyl (C=O) groups is 10. The number of nitrogens with zero attached hydrogens (tertiary/aromatic N) is 1. The Morgan fingerprint density at radius 1 is 0.840 bits per heavy atom. The number of carbonyl (C=O) groups excluding carboxylic acids is 9. The molecule has 6 N–H and O–H groups in total. The van der Waals surface area contributed by atoms with Crippen LogP contribution in [0.5, 0.6) is 0 Å². The van der Waals surface area contributed by atoms with Crippen molar-refractivity contribution in [1.29, 1.82) is 0 Å². The standard InChI is InChI=1S/C34H53N5O11/c1-6-19(2)25(33(48)38-21(4)27(42)11-13-30(45)37-22(5)34(49)50)17-24(41)18-36-32(47)23(10-12-29(35)44)16-28(43)26-8-7-15-39(26)31(46)14-9-20(3)40/h19,21-23,25-26H,6-18H2,1-5H3,(H2,35,44)(H,36,47)(H,37,45)(H,38,48)(H,49,50)/t19-,21-,22-,23+,25-,26-/m0/s1. The summed E-state index contributed by atoms with van der Waals surface area (Å²) in [4.78, 5) is 125. The van der Waals surface area contributed by atoms with Gasteiger partial charge in [-0.1, -0.05) is 20.3 Å². The Labute approximate surface area is 292 Å². The van der Waals surface area contributed by atoms with E-state index in [-0.39, 0.29) is 74.8 Å². The van der Waals surface area contributed by atoms with E-state index in [0.29, 0.717) is 25.8 Å². The number of nitrogens with one attached hydrogen (secondary N) is 3. The van der Waals surface area contributed by atoms with Crippen LogP contribution in [-0.4, -0.2) is 99.9 Å². The van der Waals surface area contributed by atoms with Crippen molar-refractivity contribution < 1.29 is 53.1 Å². The SMILES string of the molecule is CC[C@H](C)[C@H](CC(=O)CNC(=O)[C@H](CCC(N)=O)CC(=O)[C@@H]1CCCN1C(=O)CCC(C)=O)C(=O)N[C@@H](C)C(=O)CCC(=O)N[C@@H](C)C(=O)O. The lowest BCUT2D eigenvalue weighted by atomic mass is 9.86. The highest BCUT2D eigenvalue weighted by Crippen LogP contribution is 2.24. The van der Waals surface area contributed by atoms with E-state index in [0.717, 1.165) is 0 Å². The van der Waals surface area contributed by atoms with Gasteiger partial charge in [-0.3, -0.25) is 43.2 Å². The molecule has 0 saturated carbocycles. The molecular weight excluding hydrogens is 654 g/mol. The lowest BCUT2D eigenvalue weighted by Crippen LogP contribution is -2.45. The Kier molecular flexibility index (Phi) is 18.8. The second kappa shape index (κ2) is 21.6. The molecule has 0 unspecified atom stereocenters. The normalized spacial score (nSPS) is 17.0. The van der Waals surface area contributed by atoms with Crippen molar-refractivity contribution in [2.75, 3.05) is 13.1 Å². The molecule has 1 rings (SSSR count). The summed E-state index contributed by atoms with van der Waals surface area (Å²) < 4.78 is 0. The Morgan fingerprint density at radius 2 is 1.50 bits per heavy atom. The van der Waals surface area contributed by atoms with E-state index in [1.165, 1.54) is 25.7 Å². The van der Waals surface area contributed by atoms with Gasteiger partial charge >= 0.3 is 5.97 Å². The maximum atomic E-state index is 13.3. The number of amides is 5. The van der Waals surface area contributed by atoms with Gasteiger partial charge in [0.1, 0.15) is 11.8 Å². The molecule has 0 aromatic rings. The lowest BCUT2D eigenvalue weighted by Gasteiger charge is -2.25. The lowest BCUT2D eigenvalue weighted by molar-refractivity contribution is -0.141. The molecule has 0 aliphatic carbocycles. The third-order valence-electron chi connectivity index (χ3n) is 8.96. The van der Waals surface area contributed by atoms with Gasteiger partial charge < -0.3 is 36.5 Å². The van der Waals surface area contributed by atoms with Crippen LogP contribution in [0.25, 0.3) is 0 Å². The number of Topliss-reactive ketones (excluding diaryl/α,β-unsaturated/α-hetero) is 4. The maximum absolute atomic E-state index is 13.3. The Bertz CT molecular complexity index is 1300. The molecule has 0 aromatic carbocycles. The molecule has 1 aliphatic rings. The van der Waals surface area contributed by atoms with Gasteiger partial charge in [0.2, 0.25) is 29.5 Å². The first-order valence-corrected chi connectivity index (χ1v) is 17.1. The molecule has 16 heteroatoms. The zero-order chi connectivity index (χ0) is 38.1. The third kappa shape index (κ3) is 15.4. The van der Waals surface area contributed by atoms with E-state index in [1.54, 1.807) is 6.92 Å². The molecule has 1 heterocycles. The first-order chi connectivity index (χ1) is 23.4. The summed E-state index contributed by atoms with van der Waals surface area (Å²) in [6.45, 7) is 7.57. The maximum Gasteiger partial charge on any atom is 0.325 e. The number of ketones is 4. The van der Waals surface area contributed by atoms with Crippen LogP contribution in [-0.2, 0) is 47.9 Å². The Balaban J connectivity index is 2.83. The average molecular weight is 708 g/mol. The topological polar surface area (TPSA) is 256 Å². The van der Waals surface area contributed by atoms with E-state index in [1.807, 2.05) is 6.92 Å². The summed E-state index contributed by atoms with van der Waals surface area (Å²) in [7, 11) is 0. The van der Waals surface area contributed by atoms with Crippen molar-refractivity contribution in [3.8, 4) is 0 Å². The van der Waals surface area contributed by atoms with Crippen molar-refractivity contribution in [3.05, 3.63) is 0 Å². The minimum atomic E-state index is -1.22. The molecule has 5 amide bonds. The van der Waals surface area contributed by atoms with E-state index in [2.05, 4.69) is 16.0 Å². The van der Waals surface area contributed by atoms with Crippen LogP contribution in [0.1, 0.15) is 105 Å². The van der Waals surface area contributed by atoms with Gasteiger partial charge in [-0.25, -0.2) is 0 Å². The van der Waals surface area contributed by atoms with E-state index in [9.17, 15) is 47.9 Å². The number of carboxylic acids is 1. The van der Waals surface area contributed by atoms with Gasteiger partial charge in [-0.05, 0) is 46.0 Å². The first kappa shape index (κ1) is 43.5. The molecule has 16 nitrogen and oxygen atoms in total. The fraction of sp³-hybridized carbons (Fsp3) is 0.706. The van der Waals surface area contributed by atoms with E-state index < -0.39 is 77.7 Å². The smallest absolute Gasteiger partial charge is 0.325 e. The average Bonchev–Trinajstić information content (AvgIpc) is 3.55. The number of nitrogens with two attached hydrogens (primary N) is 1. The third-order valence-corrected chi connectivity index (χ3v) is 8.96. The number of rotatable bonds is 24. The summed E-state index contributed by atoms with van der Waals surface area (Å²) in [5.41, 5.74) is 5.28. The fourth-order valence-corrected chi connectivity index (χ4v) is 5.56. The van der Waals surface area contributed by atoms with Gasteiger partial charge in [0.25, 0.3) is 0 Å². The molecule has 0 bridgehead atoms. The van der Waals surface area contributed by atoms with Gasteiger partial charge in [0, 0.05) is 63.3 Å². The zero-order valence-corrected chi connectivity index (χ0v) is 29.7. The van der Waals surface area contributed by atoms with Crippen molar-refractivity contribution in [3.63, 3.8) is 0 Å². The first-order valence-electron chi connectivity index (χ1n) is 17.1. The number of hydrogen-bond donors (Lipinski definition) is 5. The molecule has 280 valence electrons. The van der Waals surface area contributed by atoms with Crippen LogP contribution in [0.4, 0.5) is 0 Å². The van der Waals surface area contributed by atoms with Gasteiger partial charge in [0.15, 0.2) is 17.3 Å². The van der Waals surface area contributed by atoms with Gasteiger partial charge in [-0.15, -0.1) is 0 Å². The summed E-state index contributed by atoms with van der Waals surface area (Å²) in [6.07, 6.45) is 0.222. The highest BCUT2D eigenvalue weighted by molar-refractivity contribution is 5.96. The number of likely N-dealkylation sites (tertiary alicyclic amines) is 1.